The van der Waals surface area contributed by atoms with Crippen molar-refractivity contribution in [3.8, 4) is 0 Å². The summed E-state index contributed by atoms with van der Waals surface area (Å²) >= 11 is 0. The van der Waals surface area contributed by atoms with Crippen LogP contribution in [0, 0.1) is 11.8 Å². The molecule has 8 heteroatoms. The average molecular weight is 348 g/mol. The zero-order chi connectivity index (χ0) is 16.7. The quantitative estimate of drug-likeness (QED) is 0.876. The van der Waals surface area contributed by atoms with E-state index < -0.39 is 22.9 Å². The first-order chi connectivity index (χ1) is 10.7. The lowest BCUT2D eigenvalue weighted by Crippen LogP contribution is -2.49. The molecule has 2 aliphatic rings. The summed E-state index contributed by atoms with van der Waals surface area (Å²) < 4.78 is 64.6. The highest BCUT2D eigenvalue weighted by Crippen LogP contribution is 2.40. The molecule has 0 heterocycles. The van der Waals surface area contributed by atoms with Gasteiger partial charge in [0.25, 0.3) is 10.2 Å². The fourth-order valence-corrected chi connectivity index (χ4v) is 4.92. The summed E-state index contributed by atoms with van der Waals surface area (Å²) in [4.78, 5) is 0. The van der Waals surface area contributed by atoms with Crippen molar-refractivity contribution in [2.45, 2.75) is 37.9 Å². The Morgan fingerprint density at radius 1 is 1.04 bits per heavy atom. The first-order valence-electron chi connectivity index (χ1n) is 7.64. The summed E-state index contributed by atoms with van der Waals surface area (Å²) in [6.45, 7) is -1.55. The molecule has 1 saturated carbocycles. The summed E-state index contributed by atoms with van der Waals surface area (Å²) in [6, 6.07) is 7.70. The highest BCUT2D eigenvalue weighted by Gasteiger charge is 2.41. The minimum Gasteiger partial charge on any atom is -0.199 e. The average Bonchev–Trinajstić information content (AvgIpc) is 2.71. The number of alkyl halides is 3. The monoisotopic (exact) mass is 348 g/mol. The fourth-order valence-electron chi connectivity index (χ4n) is 3.74. The van der Waals surface area contributed by atoms with Crippen LogP contribution in [0.1, 0.15) is 24.0 Å². The van der Waals surface area contributed by atoms with Crippen LogP contribution in [-0.2, 0) is 23.1 Å². The van der Waals surface area contributed by atoms with Crippen LogP contribution in [0.15, 0.2) is 24.3 Å². The van der Waals surface area contributed by atoms with Gasteiger partial charge in [0, 0.05) is 6.04 Å². The van der Waals surface area contributed by atoms with Crippen LogP contribution in [0.3, 0.4) is 0 Å². The molecule has 4 nitrogen and oxygen atoms in total. The Labute approximate surface area is 133 Å². The zero-order valence-corrected chi connectivity index (χ0v) is 13.3. The maximum Gasteiger partial charge on any atom is 0.402 e. The van der Waals surface area contributed by atoms with Crippen LogP contribution in [0.4, 0.5) is 13.2 Å². The second kappa shape index (κ2) is 6.07. The lowest BCUT2D eigenvalue weighted by Gasteiger charge is -2.23. The predicted octanol–water partition coefficient (Wildman–Crippen LogP) is 2.17. The second-order valence-electron chi connectivity index (χ2n) is 6.36. The van der Waals surface area contributed by atoms with Gasteiger partial charge in [0.1, 0.15) is 6.54 Å². The van der Waals surface area contributed by atoms with Gasteiger partial charge in [0.05, 0.1) is 0 Å². The van der Waals surface area contributed by atoms with Gasteiger partial charge in [-0.15, -0.1) is 0 Å². The van der Waals surface area contributed by atoms with Gasteiger partial charge in [-0.3, -0.25) is 0 Å². The minimum absolute atomic E-state index is 0.131. The number of fused-ring (bicyclic) bond motifs is 3. The summed E-state index contributed by atoms with van der Waals surface area (Å²) in [5.41, 5.74) is 2.43. The van der Waals surface area contributed by atoms with Gasteiger partial charge in [0.2, 0.25) is 0 Å². The van der Waals surface area contributed by atoms with Crippen molar-refractivity contribution in [1.82, 2.24) is 9.44 Å². The lowest BCUT2D eigenvalue weighted by atomic mass is 9.94. The van der Waals surface area contributed by atoms with Crippen LogP contribution in [-0.4, -0.2) is 27.2 Å². The molecule has 3 rings (SSSR count). The molecule has 0 amide bonds. The number of halogens is 3. The Kier molecular flexibility index (Phi) is 4.41. The Balaban J connectivity index is 1.72. The van der Waals surface area contributed by atoms with Crippen molar-refractivity contribution >= 4 is 10.2 Å². The Morgan fingerprint density at radius 3 is 2.04 bits per heavy atom. The first-order valence-corrected chi connectivity index (χ1v) is 9.12. The molecule has 0 radical (unpaired) electrons. The van der Waals surface area contributed by atoms with E-state index in [1.54, 1.807) is 4.72 Å². The summed E-state index contributed by atoms with van der Waals surface area (Å²) in [5.74, 6) is 0.261. The molecule has 1 aromatic rings. The van der Waals surface area contributed by atoms with Crippen molar-refractivity contribution < 1.29 is 21.6 Å². The molecule has 2 unspecified atom stereocenters. The second-order valence-corrected chi connectivity index (χ2v) is 7.89. The van der Waals surface area contributed by atoms with Crippen LogP contribution >= 0.6 is 0 Å². The molecule has 2 atom stereocenters. The maximum atomic E-state index is 12.2. The van der Waals surface area contributed by atoms with E-state index >= 15 is 0 Å². The van der Waals surface area contributed by atoms with E-state index in [1.165, 1.54) is 11.1 Å². The zero-order valence-electron chi connectivity index (χ0n) is 12.4. The number of hydrogen-bond acceptors (Lipinski definition) is 2. The molecular formula is C15H19F3N2O2S. The van der Waals surface area contributed by atoms with Crippen molar-refractivity contribution in [2.75, 3.05) is 6.54 Å². The minimum atomic E-state index is -4.56. The van der Waals surface area contributed by atoms with Crippen molar-refractivity contribution in [2.24, 2.45) is 11.8 Å². The number of nitrogens with one attached hydrogen (secondary N) is 2. The highest BCUT2D eigenvalue weighted by molar-refractivity contribution is 7.87. The van der Waals surface area contributed by atoms with Gasteiger partial charge in [-0.1, -0.05) is 24.3 Å². The van der Waals surface area contributed by atoms with E-state index in [0.29, 0.717) is 0 Å². The number of hydrogen-bond donors (Lipinski definition) is 2. The van der Waals surface area contributed by atoms with Gasteiger partial charge in [-0.2, -0.15) is 31.0 Å². The molecule has 1 aromatic carbocycles. The van der Waals surface area contributed by atoms with E-state index in [2.05, 4.69) is 4.72 Å². The Morgan fingerprint density at radius 2 is 1.57 bits per heavy atom. The highest BCUT2D eigenvalue weighted by atomic mass is 32.2. The van der Waals surface area contributed by atoms with Crippen LogP contribution in [0.2, 0.25) is 0 Å². The third-order valence-electron chi connectivity index (χ3n) is 4.76. The molecule has 0 saturated heterocycles. The van der Waals surface area contributed by atoms with E-state index in [0.717, 1.165) is 25.7 Å². The topological polar surface area (TPSA) is 58.2 Å². The van der Waals surface area contributed by atoms with Gasteiger partial charge in [-0.25, -0.2) is 0 Å². The van der Waals surface area contributed by atoms with Gasteiger partial charge >= 0.3 is 6.18 Å². The van der Waals surface area contributed by atoms with Crippen molar-refractivity contribution in [1.29, 1.82) is 0 Å². The van der Waals surface area contributed by atoms with Crippen molar-refractivity contribution in [3.05, 3.63) is 35.4 Å². The molecule has 2 aliphatic carbocycles. The number of rotatable bonds is 4. The normalized spacial score (nSPS) is 27.5. The van der Waals surface area contributed by atoms with Gasteiger partial charge in [0.15, 0.2) is 0 Å². The fraction of sp³-hybridized carbons (Fsp3) is 0.600. The molecule has 0 aromatic heterocycles. The molecule has 0 spiro atoms. The van der Waals surface area contributed by atoms with Crippen LogP contribution in [0.5, 0.6) is 0 Å². The molecule has 1 fully saturated rings. The SMILES string of the molecule is O=S(=O)(NCC(F)(F)F)NC1C2CCC1Cc1ccccc1C2. The first kappa shape index (κ1) is 16.7. The molecule has 128 valence electrons. The third-order valence-corrected chi connectivity index (χ3v) is 5.87. The van der Waals surface area contributed by atoms with E-state index in [-0.39, 0.29) is 17.9 Å². The largest absolute Gasteiger partial charge is 0.402 e. The summed E-state index contributed by atoms with van der Waals surface area (Å²) in [5, 5.41) is 0. The van der Waals surface area contributed by atoms with Crippen molar-refractivity contribution in [3.63, 3.8) is 0 Å². The molecule has 2 N–H and O–H groups in total. The predicted molar refractivity (Wildman–Crippen MR) is 80.0 cm³/mol. The smallest absolute Gasteiger partial charge is 0.199 e. The van der Waals surface area contributed by atoms with Gasteiger partial charge in [-0.05, 0) is 48.6 Å². The number of benzene rings is 1. The Bertz CT molecular complexity index is 643. The molecule has 23 heavy (non-hydrogen) atoms. The van der Waals surface area contributed by atoms with E-state index in [1.807, 2.05) is 24.3 Å². The van der Waals surface area contributed by atoms with E-state index in [4.69, 9.17) is 0 Å². The standard InChI is InChI=1S/C15H19F3N2O2S/c16-15(17,18)9-19-23(21,22)20-14-12-5-6-13(14)8-11-4-2-1-3-10(11)7-12/h1-4,12-14,19-20H,5-9H2. The lowest BCUT2D eigenvalue weighted by molar-refractivity contribution is -0.121. The summed E-state index contributed by atoms with van der Waals surface area (Å²) in [6.07, 6.45) is -1.25. The van der Waals surface area contributed by atoms with Crippen LogP contribution < -0.4 is 9.44 Å². The maximum absolute atomic E-state index is 12.2. The Hall–Kier alpha value is -1.12. The molecule has 2 bridgehead atoms. The molecular weight excluding hydrogens is 329 g/mol. The molecule has 0 aliphatic heterocycles. The summed E-state index contributed by atoms with van der Waals surface area (Å²) in [7, 11) is -4.16. The van der Waals surface area contributed by atoms with E-state index in [9.17, 15) is 21.6 Å². The third kappa shape index (κ3) is 4.05. The van der Waals surface area contributed by atoms with Crippen LogP contribution in [0.25, 0.3) is 0 Å². The van der Waals surface area contributed by atoms with Gasteiger partial charge < -0.3 is 0 Å².